The molecule has 1 aliphatic heterocycles. The van der Waals surface area contributed by atoms with Crippen LogP contribution in [-0.4, -0.2) is 26.7 Å². The summed E-state index contributed by atoms with van der Waals surface area (Å²) in [7, 11) is 0. The number of nitrogens with one attached hydrogen (secondary N) is 1. The Morgan fingerprint density at radius 3 is 2.54 bits per heavy atom. The molecule has 4 rings (SSSR count). The summed E-state index contributed by atoms with van der Waals surface area (Å²) in [5.41, 5.74) is -1.48. The molecule has 2 aromatic carbocycles. The Morgan fingerprint density at radius 2 is 1.89 bits per heavy atom. The maximum absolute atomic E-state index is 13.4. The van der Waals surface area contributed by atoms with E-state index in [-0.39, 0.29) is 23.6 Å². The molecule has 0 aliphatic carbocycles. The molecule has 8 nitrogen and oxygen atoms in total. The lowest BCUT2D eigenvalue weighted by Crippen LogP contribution is -2.38. The number of halogens is 3. The van der Waals surface area contributed by atoms with Gasteiger partial charge in [-0.1, -0.05) is 37.3 Å². The van der Waals surface area contributed by atoms with Gasteiger partial charge in [0.15, 0.2) is 0 Å². The summed E-state index contributed by atoms with van der Waals surface area (Å²) < 4.78 is 40.4. The third kappa shape index (κ3) is 4.88. The number of amides is 2. The predicted octanol–water partition coefficient (Wildman–Crippen LogP) is 4.63. The summed E-state index contributed by atoms with van der Waals surface area (Å²) >= 11 is 0. The number of benzene rings is 2. The van der Waals surface area contributed by atoms with Crippen molar-refractivity contribution in [2.75, 3.05) is 10.2 Å². The molecule has 0 saturated heterocycles. The Hall–Kier alpha value is -4.15. The highest BCUT2D eigenvalue weighted by molar-refractivity contribution is 5.94. The van der Waals surface area contributed by atoms with Gasteiger partial charge in [0.05, 0.1) is 18.3 Å². The first-order chi connectivity index (χ1) is 16.6. The van der Waals surface area contributed by atoms with E-state index in [2.05, 4.69) is 10.3 Å². The number of anilines is 2. The van der Waals surface area contributed by atoms with Crippen LogP contribution in [0, 0.1) is 0 Å². The van der Waals surface area contributed by atoms with Gasteiger partial charge in [-0.3, -0.25) is 19.1 Å². The van der Waals surface area contributed by atoms with Crippen molar-refractivity contribution in [3.8, 4) is 0 Å². The molecule has 0 saturated carbocycles. The predicted molar refractivity (Wildman–Crippen MR) is 121 cm³/mol. The first kappa shape index (κ1) is 24.0. The van der Waals surface area contributed by atoms with Crippen molar-refractivity contribution < 1.29 is 27.9 Å². The van der Waals surface area contributed by atoms with Crippen LogP contribution in [-0.2, 0) is 17.5 Å². The molecule has 0 bridgehead atoms. The number of carbonyl (C=O) groups is 2. The number of para-hydroxylation sites is 1. The number of aromatic nitrogens is 2. The summed E-state index contributed by atoms with van der Waals surface area (Å²) in [4.78, 5) is 43.3. The van der Waals surface area contributed by atoms with E-state index >= 15 is 0 Å². The Balaban J connectivity index is 1.69. The monoisotopic (exact) mass is 486 g/mol. The molecule has 2 heterocycles. The van der Waals surface area contributed by atoms with Gasteiger partial charge in [-0.2, -0.15) is 13.2 Å². The summed E-state index contributed by atoms with van der Waals surface area (Å²) in [5, 5.41) is 12.5. The molecule has 35 heavy (non-hydrogen) atoms. The average Bonchev–Trinajstić information content (AvgIpc) is 3.16. The lowest BCUT2D eigenvalue weighted by molar-refractivity contribution is -0.137. The van der Waals surface area contributed by atoms with Crippen LogP contribution in [0.2, 0.25) is 0 Å². The van der Waals surface area contributed by atoms with E-state index in [1.807, 2.05) is 0 Å². The molecule has 2 amide bonds. The van der Waals surface area contributed by atoms with E-state index in [1.165, 1.54) is 10.6 Å². The van der Waals surface area contributed by atoms with E-state index in [1.54, 1.807) is 37.3 Å². The smallest absolute Gasteiger partial charge is 0.416 e. The number of alkyl halides is 3. The molecule has 1 unspecified atom stereocenters. The van der Waals surface area contributed by atoms with Gasteiger partial charge in [0.25, 0.3) is 5.56 Å². The molecule has 2 atom stereocenters. The molecule has 11 heteroatoms. The fraction of sp³-hybridized carbons (Fsp3) is 0.250. The van der Waals surface area contributed by atoms with Gasteiger partial charge in [-0.25, -0.2) is 9.78 Å². The normalized spacial score (nSPS) is 17.0. The lowest BCUT2D eigenvalue weighted by Gasteiger charge is -2.21. The largest absolute Gasteiger partial charge is 0.465 e. The van der Waals surface area contributed by atoms with Crippen molar-refractivity contribution in [2.45, 2.75) is 38.0 Å². The SMILES string of the molecule is CC1C[C@@H](C(=O)Nc2ccccc2)n2c1ncc(N(Cc1cccc(C(F)(F)F)c1)C(=O)O)c2=O. The zero-order chi connectivity index (χ0) is 25.3. The van der Waals surface area contributed by atoms with Crippen LogP contribution in [0.4, 0.5) is 29.3 Å². The number of hydrogen-bond acceptors (Lipinski definition) is 4. The van der Waals surface area contributed by atoms with Gasteiger partial charge in [-0.05, 0) is 36.2 Å². The van der Waals surface area contributed by atoms with Crippen molar-refractivity contribution in [1.29, 1.82) is 0 Å². The fourth-order valence-corrected chi connectivity index (χ4v) is 4.12. The van der Waals surface area contributed by atoms with Crippen LogP contribution in [0.15, 0.2) is 65.6 Å². The molecular formula is C24H21F3N4O4. The molecule has 1 aromatic heterocycles. The third-order valence-corrected chi connectivity index (χ3v) is 5.79. The Kier molecular flexibility index (Phi) is 6.33. The minimum atomic E-state index is -4.60. The maximum atomic E-state index is 13.4. The van der Waals surface area contributed by atoms with Crippen LogP contribution < -0.4 is 15.8 Å². The average molecular weight is 486 g/mol. The molecule has 182 valence electrons. The summed E-state index contributed by atoms with van der Waals surface area (Å²) in [6.45, 7) is 1.29. The lowest BCUT2D eigenvalue weighted by atomic mass is 10.1. The van der Waals surface area contributed by atoms with Crippen LogP contribution >= 0.6 is 0 Å². The van der Waals surface area contributed by atoms with Gasteiger partial charge in [0, 0.05) is 11.6 Å². The number of carboxylic acid groups (broad SMARTS) is 1. The fourth-order valence-electron chi connectivity index (χ4n) is 4.12. The van der Waals surface area contributed by atoms with Crippen LogP contribution in [0.3, 0.4) is 0 Å². The maximum Gasteiger partial charge on any atom is 0.416 e. The number of rotatable bonds is 5. The van der Waals surface area contributed by atoms with Crippen LogP contribution in [0.1, 0.15) is 42.3 Å². The van der Waals surface area contributed by atoms with Crippen molar-refractivity contribution in [2.24, 2.45) is 0 Å². The summed E-state index contributed by atoms with van der Waals surface area (Å²) in [5.74, 6) is -0.371. The second kappa shape index (κ2) is 9.24. The van der Waals surface area contributed by atoms with Crippen molar-refractivity contribution in [1.82, 2.24) is 9.55 Å². The molecule has 0 fully saturated rings. The van der Waals surface area contributed by atoms with Crippen molar-refractivity contribution >= 4 is 23.4 Å². The Morgan fingerprint density at radius 1 is 1.17 bits per heavy atom. The number of hydrogen-bond donors (Lipinski definition) is 2. The first-order valence-electron chi connectivity index (χ1n) is 10.7. The highest BCUT2D eigenvalue weighted by atomic mass is 19.4. The molecule has 3 aromatic rings. The first-order valence-corrected chi connectivity index (χ1v) is 10.7. The van der Waals surface area contributed by atoms with Crippen LogP contribution in [0.25, 0.3) is 0 Å². The standard InChI is InChI=1S/C24H21F3N4O4/c1-14-10-18(21(32)29-17-8-3-2-4-9-17)31-20(14)28-12-19(22(31)33)30(23(34)35)13-15-6-5-7-16(11-15)24(25,26)27/h2-9,11-12,14,18H,10,13H2,1H3,(H,29,32)(H,34,35)/t14?,18-/m0/s1. The molecule has 1 aliphatic rings. The highest BCUT2D eigenvalue weighted by Gasteiger charge is 2.37. The van der Waals surface area contributed by atoms with Crippen molar-refractivity contribution in [3.63, 3.8) is 0 Å². The Labute approximate surface area is 197 Å². The van der Waals surface area contributed by atoms with E-state index in [4.69, 9.17) is 0 Å². The zero-order valence-corrected chi connectivity index (χ0v) is 18.5. The molecule has 0 spiro atoms. The summed E-state index contributed by atoms with van der Waals surface area (Å²) in [6, 6.07) is 11.9. The number of fused-ring (bicyclic) bond motifs is 1. The minimum Gasteiger partial charge on any atom is -0.465 e. The number of carbonyl (C=O) groups excluding carboxylic acids is 1. The van der Waals surface area contributed by atoms with Crippen molar-refractivity contribution in [3.05, 3.63) is 88.1 Å². The second-order valence-electron chi connectivity index (χ2n) is 8.25. The third-order valence-electron chi connectivity index (χ3n) is 5.79. The van der Waals surface area contributed by atoms with Gasteiger partial charge in [-0.15, -0.1) is 0 Å². The van der Waals surface area contributed by atoms with E-state index in [9.17, 15) is 32.7 Å². The van der Waals surface area contributed by atoms with Gasteiger partial charge >= 0.3 is 12.3 Å². The Bertz CT molecular complexity index is 1320. The zero-order valence-electron chi connectivity index (χ0n) is 18.5. The summed E-state index contributed by atoms with van der Waals surface area (Å²) in [6.07, 6.45) is -4.78. The number of nitrogens with zero attached hydrogens (tertiary/aromatic N) is 3. The van der Waals surface area contributed by atoms with E-state index in [0.717, 1.165) is 24.4 Å². The molecular weight excluding hydrogens is 465 g/mol. The molecule has 2 N–H and O–H groups in total. The second-order valence-corrected chi connectivity index (χ2v) is 8.25. The molecule has 0 radical (unpaired) electrons. The minimum absolute atomic E-state index is 0.0406. The van der Waals surface area contributed by atoms with Crippen LogP contribution in [0.5, 0.6) is 0 Å². The van der Waals surface area contributed by atoms with Gasteiger partial charge in [0.2, 0.25) is 5.91 Å². The van der Waals surface area contributed by atoms with Gasteiger partial charge < -0.3 is 10.4 Å². The van der Waals surface area contributed by atoms with Gasteiger partial charge in [0.1, 0.15) is 17.6 Å². The van der Waals surface area contributed by atoms with E-state index < -0.39 is 41.9 Å². The van der Waals surface area contributed by atoms with E-state index in [0.29, 0.717) is 16.4 Å². The topological polar surface area (TPSA) is 105 Å². The quantitative estimate of drug-likeness (QED) is 0.547. The highest BCUT2D eigenvalue weighted by Crippen LogP contribution is 2.35.